The number of carbonyl (C=O) groups excluding carboxylic acids is 2. The topological polar surface area (TPSA) is 49.4 Å². The fraction of sp³-hybridized carbons (Fsp3) is 0.429. The second-order valence-corrected chi connectivity index (χ2v) is 5.15. The minimum absolute atomic E-state index is 0.0528. The molecule has 1 aliphatic rings. The van der Waals surface area contributed by atoms with Gasteiger partial charge in [-0.1, -0.05) is 11.6 Å². The zero-order valence-electron chi connectivity index (χ0n) is 10.9. The molecule has 0 aliphatic heterocycles. The van der Waals surface area contributed by atoms with Gasteiger partial charge in [0.05, 0.1) is 0 Å². The van der Waals surface area contributed by atoms with Crippen molar-refractivity contribution in [1.29, 1.82) is 0 Å². The number of carbonyl (C=O) groups is 2. The van der Waals surface area contributed by atoms with Gasteiger partial charge in [0.25, 0.3) is 0 Å². The van der Waals surface area contributed by atoms with Crippen molar-refractivity contribution in [2.45, 2.75) is 19.8 Å². The smallest absolute Gasteiger partial charge is 0.223 e. The Bertz CT molecular complexity index is 469. The zero-order chi connectivity index (χ0) is 13.8. The fourth-order valence-electron chi connectivity index (χ4n) is 1.87. The summed E-state index contributed by atoms with van der Waals surface area (Å²) in [4.78, 5) is 24.8. The molecule has 2 rings (SSSR count). The molecule has 0 aromatic heterocycles. The first kappa shape index (κ1) is 13.9. The number of anilines is 1. The number of benzene rings is 1. The first-order chi connectivity index (χ1) is 9.08. The van der Waals surface area contributed by atoms with E-state index in [2.05, 4.69) is 5.32 Å². The summed E-state index contributed by atoms with van der Waals surface area (Å²) in [5, 5.41) is 3.49. The molecule has 0 saturated heterocycles. The lowest BCUT2D eigenvalue weighted by Crippen LogP contribution is -2.38. The fourth-order valence-corrected chi connectivity index (χ4v) is 2.00. The van der Waals surface area contributed by atoms with Crippen molar-refractivity contribution < 1.29 is 9.59 Å². The summed E-state index contributed by atoms with van der Waals surface area (Å²) < 4.78 is 0. The number of rotatable bonds is 5. The molecule has 4 nitrogen and oxygen atoms in total. The molecule has 2 amide bonds. The Labute approximate surface area is 117 Å². The molecule has 1 saturated carbocycles. The molecule has 0 unspecified atom stereocenters. The maximum absolute atomic E-state index is 11.6. The average Bonchev–Trinajstić information content (AvgIpc) is 3.19. The maximum Gasteiger partial charge on any atom is 0.223 e. The zero-order valence-corrected chi connectivity index (χ0v) is 11.6. The molecule has 0 bridgehead atoms. The van der Waals surface area contributed by atoms with E-state index in [0.29, 0.717) is 18.1 Å². The number of hydrogen-bond acceptors (Lipinski definition) is 2. The molecule has 0 spiro atoms. The third-order valence-corrected chi connectivity index (χ3v) is 3.35. The van der Waals surface area contributed by atoms with E-state index in [0.717, 1.165) is 18.5 Å². The Balaban J connectivity index is 1.90. The number of halogens is 1. The summed E-state index contributed by atoms with van der Waals surface area (Å²) in [6.07, 6.45) is 1.97. The predicted octanol–water partition coefficient (Wildman–Crippen LogP) is 2.22. The minimum atomic E-state index is -0.0528. The van der Waals surface area contributed by atoms with Crippen molar-refractivity contribution in [3.05, 3.63) is 29.3 Å². The molecule has 0 heterocycles. The Morgan fingerprint density at radius 1 is 1.32 bits per heavy atom. The molecule has 1 aliphatic carbocycles. The lowest BCUT2D eigenvalue weighted by molar-refractivity contribution is -0.122. The van der Waals surface area contributed by atoms with E-state index < -0.39 is 0 Å². The summed E-state index contributed by atoms with van der Waals surface area (Å²) >= 11 is 5.82. The van der Waals surface area contributed by atoms with E-state index in [4.69, 9.17) is 11.6 Å². The van der Waals surface area contributed by atoms with Gasteiger partial charge in [0.1, 0.15) is 0 Å². The van der Waals surface area contributed by atoms with Gasteiger partial charge in [-0.15, -0.1) is 0 Å². The Morgan fingerprint density at radius 3 is 2.47 bits per heavy atom. The highest BCUT2D eigenvalue weighted by Gasteiger charge is 2.29. The van der Waals surface area contributed by atoms with Crippen molar-refractivity contribution in [2.24, 2.45) is 5.92 Å². The van der Waals surface area contributed by atoms with Crippen LogP contribution >= 0.6 is 11.6 Å². The molecule has 102 valence electrons. The summed E-state index contributed by atoms with van der Waals surface area (Å²) in [7, 11) is 0. The summed E-state index contributed by atoms with van der Waals surface area (Å²) in [6, 6.07) is 7.09. The molecule has 0 radical (unpaired) electrons. The van der Waals surface area contributed by atoms with E-state index in [1.54, 1.807) is 29.2 Å². The van der Waals surface area contributed by atoms with Crippen LogP contribution in [-0.4, -0.2) is 24.9 Å². The van der Waals surface area contributed by atoms with Crippen LogP contribution in [0.1, 0.15) is 19.8 Å². The van der Waals surface area contributed by atoms with Gasteiger partial charge in [0, 0.05) is 36.6 Å². The van der Waals surface area contributed by atoms with Crippen molar-refractivity contribution in [1.82, 2.24) is 5.32 Å². The molecule has 1 aromatic rings. The van der Waals surface area contributed by atoms with Crippen molar-refractivity contribution in [2.75, 3.05) is 18.0 Å². The van der Waals surface area contributed by atoms with Crippen LogP contribution in [0.4, 0.5) is 5.69 Å². The van der Waals surface area contributed by atoms with Gasteiger partial charge < -0.3 is 10.2 Å². The second kappa shape index (κ2) is 6.06. The maximum atomic E-state index is 11.6. The third kappa shape index (κ3) is 3.96. The summed E-state index contributed by atoms with van der Waals surface area (Å²) in [5.74, 6) is 0.240. The van der Waals surface area contributed by atoms with Gasteiger partial charge in [-0.2, -0.15) is 0 Å². The SMILES string of the molecule is CC(=O)N(CCNC(=O)C1CC1)c1ccc(Cl)cc1. The van der Waals surface area contributed by atoms with Crippen molar-refractivity contribution in [3.63, 3.8) is 0 Å². The Kier molecular flexibility index (Phi) is 4.43. The minimum Gasteiger partial charge on any atom is -0.354 e. The number of hydrogen-bond donors (Lipinski definition) is 1. The molecule has 0 atom stereocenters. The number of amides is 2. The van der Waals surface area contributed by atoms with Crippen LogP contribution in [-0.2, 0) is 9.59 Å². The van der Waals surface area contributed by atoms with Gasteiger partial charge in [0.15, 0.2) is 0 Å². The van der Waals surface area contributed by atoms with Crippen LogP contribution < -0.4 is 10.2 Å². The van der Waals surface area contributed by atoms with E-state index in [1.165, 1.54) is 6.92 Å². The standard InChI is InChI=1S/C14H17ClN2O2/c1-10(18)17(13-6-4-12(15)5-7-13)9-8-16-14(19)11-2-3-11/h4-7,11H,2-3,8-9H2,1H3,(H,16,19). The molecular formula is C14H17ClN2O2. The van der Waals surface area contributed by atoms with Crippen LogP contribution in [0.25, 0.3) is 0 Å². The molecule has 1 fully saturated rings. The van der Waals surface area contributed by atoms with Crippen molar-refractivity contribution >= 4 is 29.1 Å². The predicted molar refractivity (Wildman–Crippen MR) is 75.2 cm³/mol. The van der Waals surface area contributed by atoms with Gasteiger partial charge in [-0.05, 0) is 37.1 Å². The highest BCUT2D eigenvalue weighted by Crippen LogP contribution is 2.28. The van der Waals surface area contributed by atoms with E-state index in [9.17, 15) is 9.59 Å². The van der Waals surface area contributed by atoms with Gasteiger partial charge in [-0.25, -0.2) is 0 Å². The van der Waals surface area contributed by atoms with E-state index >= 15 is 0 Å². The highest BCUT2D eigenvalue weighted by molar-refractivity contribution is 6.30. The van der Waals surface area contributed by atoms with Gasteiger partial charge in [0.2, 0.25) is 11.8 Å². The average molecular weight is 281 g/mol. The van der Waals surface area contributed by atoms with Crippen LogP contribution in [0.3, 0.4) is 0 Å². The molecule has 19 heavy (non-hydrogen) atoms. The largest absolute Gasteiger partial charge is 0.354 e. The van der Waals surface area contributed by atoms with Crippen LogP contribution in [0.5, 0.6) is 0 Å². The molecule has 5 heteroatoms. The molecular weight excluding hydrogens is 264 g/mol. The van der Waals surface area contributed by atoms with Crippen LogP contribution in [0.2, 0.25) is 5.02 Å². The normalized spacial score (nSPS) is 14.0. The lowest BCUT2D eigenvalue weighted by atomic mass is 10.3. The number of nitrogens with zero attached hydrogens (tertiary/aromatic N) is 1. The Morgan fingerprint density at radius 2 is 1.95 bits per heavy atom. The summed E-state index contributed by atoms with van der Waals surface area (Å²) in [6.45, 7) is 2.45. The van der Waals surface area contributed by atoms with Crippen molar-refractivity contribution in [3.8, 4) is 0 Å². The van der Waals surface area contributed by atoms with Crippen LogP contribution in [0.15, 0.2) is 24.3 Å². The monoisotopic (exact) mass is 280 g/mol. The van der Waals surface area contributed by atoms with E-state index in [1.807, 2.05) is 0 Å². The molecule has 1 N–H and O–H groups in total. The summed E-state index contributed by atoms with van der Waals surface area (Å²) in [5.41, 5.74) is 0.789. The van der Waals surface area contributed by atoms with E-state index in [-0.39, 0.29) is 17.7 Å². The van der Waals surface area contributed by atoms with Gasteiger partial charge >= 0.3 is 0 Å². The first-order valence-corrected chi connectivity index (χ1v) is 6.77. The van der Waals surface area contributed by atoms with Crippen LogP contribution in [0, 0.1) is 5.92 Å². The Hall–Kier alpha value is -1.55. The number of nitrogens with one attached hydrogen (secondary N) is 1. The first-order valence-electron chi connectivity index (χ1n) is 6.39. The quantitative estimate of drug-likeness (QED) is 0.899. The third-order valence-electron chi connectivity index (χ3n) is 3.10. The second-order valence-electron chi connectivity index (χ2n) is 4.71. The highest BCUT2D eigenvalue weighted by atomic mass is 35.5. The lowest BCUT2D eigenvalue weighted by Gasteiger charge is -2.21. The molecule has 1 aromatic carbocycles. The van der Waals surface area contributed by atoms with Gasteiger partial charge in [-0.3, -0.25) is 9.59 Å².